The third-order valence-electron chi connectivity index (χ3n) is 2.77. The zero-order valence-corrected chi connectivity index (χ0v) is 12.5. The topological polar surface area (TPSA) is 71.3 Å². The fraction of sp³-hybridized carbons (Fsp3) is 0.692. The first-order valence-corrected chi connectivity index (χ1v) is 8.44. The van der Waals surface area contributed by atoms with Crippen LogP contribution in [0, 0.1) is 0 Å². The summed E-state index contributed by atoms with van der Waals surface area (Å²) in [7, 11) is -3.24. The maximum Gasteiger partial charge on any atom is 0.212 e. The normalized spacial score (nSPS) is 13.6. The molecule has 6 heteroatoms. The van der Waals surface area contributed by atoms with E-state index in [0.29, 0.717) is 12.2 Å². The first-order valence-electron chi connectivity index (χ1n) is 6.79. The Morgan fingerprint density at radius 1 is 1.32 bits per heavy atom. The van der Waals surface area contributed by atoms with E-state index in [1.807, 2.05) is 0 Å². The van der Waals surface area contributed by atoms with Crippen molar-refractivity contribution in [3.8, 4) is 0 Å². The van der Waals surface area contributed by atoms with E-state index in [-0.39, 0.29) is 11.8 Å². The average Bonchev–Trinajstić information content (AvgIpc) is 2.87. The van der Waals surface area contributed by atoms with Gasteiger partial charge in [-0.15, -0.1) is 0 Å². The second kappa shape index (κ2) is 8.35. The van der Waals surface area contributed by atoms with Crippen molar-refractivity contribution in [2.75, 3.05) is 18.8 Å². The molecule has 1 unspecified atom stereocenters. The summed E-state index contributed by atoms with van der Waals surface area (Å²) in [6.07, 6.45) is 4.17. The minimum absolute atomic E-state index is 0.159. The van der Waals surface area contributed by atoms with Crippen LogP contribution in [0.4, 0.5) is 0 Å². The summed E-state index contributed by atoms with van der Waals surface area (Å²) in [5.41, 5.74) is 0. The van der Waals surface area contributed by atoms with E-state index >= 15 is 0 Å². The Morgan fingerprint density at radius 3 is 2.74 bits per heavy atom. The van der Waals surface area contributed by atoms with E-state index in [4.69, 9.17) is 4.42 Å². The number of hydrogen-bond acceptors (Lipinski definition) is 4. The quantitative estimate of drug-likeness (QED) is 0.646. The van der Waals surface area contributed by atoms with Crippen molar-refractivity contribution in [3.05, 3.63) is 24.2 Å². The Kier molecular flexibility index (Phi) is 7.12. The lowest BCUT2D eigenvalue weighted by molar-refractivity contribution is 0.459. The highest BCUT2D eigenvalue weighted by Gasteiger charge is 2.16. The molecule has 1 atom stereocenters. The smallest absolute Gasteiger partial charge is 0.212 e. The van der Waals surface area contributed by atoms with Gasteiger partial charge in [0, 0.05) is 0 Å². The number of hydrogen-bond donors (Lipinski definition) is 2. The van der Waals surface area contributed by atoms with Crippen molar-refractivity contribution in [3.63, 3.8) is 0 Å². The average molecular weight is 288 g/mol. The minimum atomic E-state index is -3.24. The van der Waals surface area contributed by atoms with E-state index in [1.54, 1.807) is 25.3 Å². The second-order valence-electron chi connectivity index (χ2n) is 4.63. The molecular formula is C13H24N2O3S. The van der Waals surface area contributed by atoms with Gasteiger partial charge in [0.1, 0.15) is 5.76 Å². The Bertz CT molecular complexity index is 429. The lowest BCUT2D eigenvalue weighted by Gasteiger charge is -2.12. The molecule has 1 aromatic heterocycles. The predicted molar refractivity (Wildman–Crippen MR) is 76.4 cm³/mol. The van der Waals surface area contributed by atoms with E-state index in [1.165, 1.54) is 0 Å². The monoisotopic (exact) mass is 288 g/mol. The van der Waals surface area contributed by atoms with Gasteiger partial charge in [0.15, 0.2) is 0 Å². The Morgan fingerprint density at radius 2 is 2.11 bits per heavy atom. The molecule has 0 saturated carbocycles. The van der Waals surface area contributed by atoms with Gasteiger partial charge in [-0.25, -0.2) is 13.1 Å². The fourth-order valence-corrected chi connectivity index (χ4v) is 3.12. The first-order chi connectivity index (χ1) is 9.05. The standard InChI is InChI=1S/C13H24N2O3S/c1-3-8-14-9-4-5-11-19(16,17)15-12(2)13-7-6-10-18-13/h6-7,10,12,14-15H,3-5,8-9,11H2,1-2H3. The molecule has 1 aromatic rings. The van der Waals surface area contributed by atoms with Crippen LogP contribution in [0.5, 0.6) is 0 Å². The van der Waals surface area contributed by atoms with Crippen LogP contribution in [0.3, 0.4) is 0 Å². The summed E-state index contributed by atoms with van der Waals surface area (Å²) in [6.45, 7) is 5.74. The molecule has 1 rings (SSSR count). The third-order valence-corrected chi connectivity index (χ3v) is 4.31. The van der Waals surface area contributed by atoms with Crippen molar-refractivity contribution in [2.45, 2.75) is 39.2 Å². The van der Waals surface area contributed by atoms with Gasteiger partial charge in [0.2, 0.25) is 10.0 Å². The zero-order chi connectivity index (χ0) is 14.1. The van der Waals surface area contributed by atoms with Crippen LogP contribution in [-0.2, 0) is 10.0 Å². The first kappa shape index (κ1) is 16.2. The van der Waals surface area contributed by atoms with E-state index in [2.05, 4.69) is 17.0 Å². The molecule has 0 aliphatic heterocycles. The predicted octanol–water partition coefficient (Wildman–Crippen LogP) is 2.04. The Hall–Kier alpha value is -0.850. The molecule has 110 valence electrons. The summed E-state index contributed by atoms with van der Waals surface area (Å²) < 4.78 is 31.5. The number of furan rings is 1. The number of nitrogens with one attached hydrogen (secondary N) is 2. The molecule has 0 fully saturated rings. The van der Waals surface area contributed by atoms with Crippen LogP contribution in [0.1, 0.15) is 44.9 Å². The maximum atomic E-state index is 11.9. The molecule has 0 saturated heterocycles. The lowest BCUT2D eigenvalue weighted by Crippen LogP contribution is -2.29. The number of sulfonamides is 1. The molecule has 0 aliphatic carbocycles. The van der Waals surface area contributed by atoms with E-state index in [9.17, 15) is 8.42 Å². The molecule has 5 nitrogen and oxygen atoms in total. The van der Waals surface area contributed by atoms with Gasteiger partial charge in [-0.05, 0) is 51.4 Å². The van der Waals surface area contributed by atoms with Gasteiger partial charge in [0.25, 0.3) is 0 Å². The molecule has 0 aromatic carbocycles. The van der Waals surface area contributed by atoms with Crippen LogP contribution in [-0.4, -0.2) is 27.3 Å². The van der Waals surface area contributed by atoms with E-state index < -0.39 is 10.0 Å². The van der Waals surface area contributed by atoms with E-state index in [0.717, 1.165) is 25.9 Å². The number of rotatable bonds is 10. The molecule has 0 spiro atoms. The lowest BCUT2D eigenvalue weighted by atomic mass is 10.3. The second-order valence-corrected chi connectivity index (χ2v) is 6.50. The van der Waals surface area contributed by atoms with Gasteiger partial charge in [-0.2, -0.15) is 0 Å². The summed E-state index contributed by atoms with van der Waals surface area (Å²) in [6, 6.07) is 3.19. The molecule has 19 heavy (non-hydrogen) atoms. The highest BCUT2D eigenvalue weighted by Crippen LogP contribution is 2.13. The van der Waals surface area contributed by atoms with Crippen molar-refractivity contribution in [1.82, 2.24) is 10.0 Å². The van der Waals surface area contributed by atoms with Crippen LogP contribution in [0.25, 0.3) is 0 Å². The zero-order valence-electron chi connectivity index (χ0n) is 11.7. The van der Waals surface area contributed by atoms with Crippen molar-refractivity contribution < 1.29 is 12.8 Å². The highest BCUT2D eigenvalue weighted by molar-refractivity contribution is 7.89. The molecule has 0 aliphatic rings. The SMILES string of the molecule is CCCNCCCCS(=O)(=O)NC(C)c1ccco1. The van der Waals surface area contributed by atoms with Gasteiger partial charge in [-0.1, -0.05) is 6.92 Å². The largest absolute Gasteiger partial charge is 0.468 e. The third kappa shape index (κ3) is 6.75. The van der Waals surface area contributed by atoms with Crippen LogP contribution in [0.15, 0.2) is 22.8 Å². The Balaban J connectivity index is 2.24. The fourth-order valence-electron chi connectivity index (χ4n) is 1.77. The summed E-state index contributed by atoms with van der Waals surface area (Å²) in [5.74, 6) is 0.791. The highest BCUT2D eigenvalue weighted by atomic mass is 32.2. The van der Waals surface area contributed by atoms with Gasteiger partial charge in [0.05, 0.1) is 18.1 Å². The summed E-state index contributed by atoms with van der Waals surface area (Å²) >= 11 is 0. The summed E-state index contributed by atoms with van der Waals surface area (Å²) in [4.78, 5) is 0. The molecule has 0 amide bonds. The number of unbranched alkanes of at least 4 members (excludes halogenated alkanes) is 1. The van der Waals surface area contributed by atoms with Crippen molar-refractivity contribution >= 4 is 10.0 Å². The molecule has 2 N–H and O–H groups in total. The van der Waals surface area contributed by atoms with Crippen molar-refractivity contribution in [2.24, 2.45) is 0 Å². The summed E-state index contributed by atoms with van der Waals surface area (Å²) in [5, 5.41) is 3.25. The maximum absolute atomic E-state index is 11.9. The van der Waals surface area contributed by atoms with Crippen LogP contribution in [0.2, 0.25) is 0 Å². The minimum Gasteiger partial charge on any atom is -0.468 e. The molecule has 0 bridgehead atoms. The van der Waals surface area contributed by atoms with Crippen LogP contribution >= 0.6 is 0 Å². The van der Waals surface area contributed by atoms with Gasteiger partial charge in [-0.3, -0.25) is 0 Å². The Labute approximate surface area is 115 Å². The van der Waals surface area contributed by atoms with Crippen LogP contribution < -0.4 is 10.0 Å². The van der Waals surface area contributed by atoms with Gasteiger partial charge < -0.3 is 9.73 Å². The molecule has 1 heterocycles. The molecular weight excluding hydrogens is 264 g/mol. The molecule has 0 radical (unpaired) electrons. The van der Waals surface area contributed by atoms with Gasteiger partial charge >= 0.3 is 0 Å². The van der Waals surface area contributed by atoms with Crippen molar-refractivity contribution in [1.29, 1.82) is 0 Å².